The molecule has 1 rings (SSSR count). The summed E-state index contributed by atoms with van der Waals surface area (Å²) in [5.74, 6) is -8.37. The van der Waals surface area contributed by atoms with Crippen LogP contribution in [-0.2, 0) is 4.79 Å². The second-order valence-electron chi connectivity index (χ2n) is 3.37. The number of carboxylic acid groups (broad SMARTS) is 1. The Bertz CT molecular complexity index is 502. The van der Waals surface area contributed by atoms with E-state index in [0.29, 0.717) is 12.2 Å². The van der Waals surface area contributed by atoms with E-state index < -0.39 is 47.1 Å². The molecular weight excluding hydrogens is 270 g/mol. The van der Waals surface area contributed by atoms with Gasteiger partial charge >= 0.3 is 5.97 Å². The minimum Gasteiger partial charge on any atom is -0.478 e. The van der Waals surface area contributed by atoms with Gasteiger partial charge in [0.15, 0.2) is 23.3 Å². The van der Waals surface area contributed by atoms with Crippen LogP contribution in [0.1, 0.15) is 5.56 Å². The summed E-state index contributed by atoms with van der Waals surface area (Å²) in [4.78, 5) is 10.2. The molecule has 1 aromatic carbocycles. The number of benzene rings is 1. The maximum absolute atomic E-state index is 13.5. The lowest BCUT2D eigenvalue weighted by Gasteiger charge is -2.11. The van der Waals surface area contributed by atoms with Crippen LogP contribution in [0, 0.1) is 23.3 Å². The minimum absolute atomic E-state index is 0.309. The number of halogens is 4. The van der Waals surface area contributed by atoms with Gasteiger partial charge in [-0.3, -0.25) is 0 Å². The van der Waals surface area contributed by atoms with Crippen molar-refractivity contribution >= 4 is 17.7 Å². The maximum Gasteiger partial charge on any atom is 0.328 e. The number of aliphatic carboxylic acids is 1. The van der Waals surface area contributed by atoms with Crippen LogP contribution in [0.4, 0.5) is 23.2 Å². The summed E-state index contributed by atoms with van der Waals surface area (Å²) in [6.07, 6.45) is 0.760. The number of rotatable bonds is 5. The molecule has 0 aliphatic carbocycles. The molecule has 0 heterocycles. The van der Waals surface area contributed by atoms with Crippen molar-refractivity contribution in [2.45, 2.75) is 0 Å². The predicted octanol–water partition coefficient (Wildman–Crippen LogP) is 1.74. The van der Waals surface area contributed by atoms with Gasteiger partial charge in [0.25, 0.3) is 0 Å². The standard InChI is InChI=1S/C11H9F4NO3/c12-7-5(1-2-6(18)19)8(13)10(15)11(9(7)14)16-3-4-17/h1-2,16-17H,3-4H2,(H,18,19)/b2-1+. The summed E-state index contributed by atoms with van der Waals surface area (Å²) in [7, 11) is 0. The van der Waals surface area contributed by atoms with Gasteiger partial charge in [-0.05, 0) is 6.08 Å². The number of nitrogens with one attached hydrogen (secondary N) is 1. The molecule has 0 spiro atoms. The fourth-order valence-electron chi connectivity index (χ4n) is 1.29. The molecule has 0 saturated heterocycles. The molecule has 0 aromatic heterocycles. The summed E-state index contributed by atoms with van der Waals surface area (Å²) < 4.78 is 53.8. The van der Waals surface area contributed by atoms with E-state index >= 15 is 0 Å². The van der Waals surface area contributed by atoms with Crippen LogP contribution in [0.25, 0.3) is 6.08 Å². The summed E-state index contributed by atoms with van der Waals surface area (Å²) in [6, 6.07) is 0. The molecule has 4 nitrogen and oxygen atoms in total. The Morgan fingerprint density at radius 2 is 1.63 bits per heavy atom. The van der Waals surface area contributed by atoms with Crippen LogP contribution in [0.2, 0.25) is 0 Å². The van der Waals surface area contributed by atoms with E-state index in [1.165, 1.54) is 0 Å². The topological polar surface area (TPSA) is 69.6 Å². The Balaban J connectivity index is 3.34. The first-order valence-electron chi connectivity index (χ1n) is 5.01. The van der Waals surface area contributed by atoms with Crippen LogP contribution in [0.3, 0.4) is 0 Å². The third-order valence-electron chi connectivity index (χ3n) is 2.10. The van der Waals surface area contributed by atoms with Gasteiger partial charge in [-0.25, -0.2) is 22.4 Å². The van der Waals surface area contributed by atoms with Gasteiger partial charge in [0, 0.05) is 12.6 Å². The molecule has 0 saturated carbocycles. The zero-order valence-corrected chi connectivity index (χ0v) is 9.38. The summed E-state index contributed by atoms with van der Waals surface area (Å²) in [6.45, 7) is -0.806. The number of hydrogen-bond acceptors (Lipinski definition) is 3. The third-order valence-corrected chi connectivity index (χ3v) is 2.10. The Morgan fingerprint density at radius 3 is 2.05 bits per heavy atom. The molecule has 0 aliphatic heterocycles. The average Bonchev–Trinajstić information content (AvgIpc) is 2.36. The predicted molar refractivity (Wildman–Crippen MR) is 58.5 cm³/mol. The molecule has 1 aromatic rings. The van der Waals surface area contributed by atoms with Gasteiger partial charge in [0.05, 0.1) is 12.2 Å². The van der Waals surface area contributed by atoms with Crippen molar-refractivity contribution in [3.8, 4) is 0 Å². The first-order chi connectivity index (χ1) is 8.90. The lowest BCUT2D eigenvalue weighted by atomic mass is 10.1. The number of anilines is 1. The quantitative estimate of drug-likeness (QED) is 0.436. The molecule has 104 valence electrons. The van der Waals surface area contributed by atoms with Gasteiger partial charge in [-0.15, -0.1) is 0 Å². The van der Waals surface area contributed by atoms with Crippen molar-refractivity contribution < 1.29 is 32.6 Å². The Labute approximate surface area is 105 Å². The Morgan fingerprint density at radius 1 is 1.11 bits per heavy atom. The fraction of sp³-hybridized carbons (Fsp3) is 0.182. The molecule has 8 heteroatoms. The Kier molecular flexibility index (Phi) is 4.87. The van der Waals surface area contributed by atoms with E-state index in [1.807, 2.05) is 5.32 Å². The van der Waals surface area contributed by atoms with Gasteiger partial charge in [0.2, 0.25) is 0 Å². The van der Waals surface area contributed by atoms with Crippen molar-refractivity contribution in [3.05, 3.63) is 34.9 Å². The highest BCUT2D eigenvalue weighted by Gasteiger charge is 2.23. The summed E-state index contributed by atoms with van der Waals surface area (Å²) in [5, 5.41) is 18.8. The van der Waals surface area contributed by atoms with Crippen molar-refractivity contribution in [1.29, 1.82) is 0 Å². The fourth-order valence-corrected chi connectivity index (χ4v) is 1.29. The zero-order valence-electron chi connectivity index (χ0n) is 9.38. The van der Waals surface area contributed by atoms with E-state index in [0.717, 1.165) is 0 Å². The minimum atomic E-state index is -1.73. The molecular formula is C11H9F4NO3. The van der Waals surface area contributed by atoms with E-state index in [2.05, 4.69) is 0 Å². The molecule has 0 aliphatic rings. The third kappa shape index (κ3) is 3.22. The molecule has 0 fully saturated rings. The molecule has 0 bridgehead atoms. The number of aliphatic hydroxyl groups is 1. The second-order valence-corrected chi connectivity index (χ2v) is 3.37. The normalized spacial score (nSPS) is 11.0. The van der Waals surface area contributed by atoms with Crippen molar-refractivity contribution in [2.75, 3.05) is 18.5 Å². The first-order valence-corrected chi connectivity index (χ1v) is 5.01. The molecule has 3 N–H and O–H groups in total. The van der Waals surface area contributed by atoms with E-state index in [-0.39, 0.29) is 6.54 Å². The highest BCUT2D eigenvalue weighted by Crippen LogP contribution is 2.28. The smallest absolute Gasteiger partial charge is 0.328 e. The zero-order chi connectivity index (χ0) is 14.6. The lowest BCUT2D eigenvalue weighted by Crippen LogP contribution is -2.12. The van der Waals surface area contributed by atoms with Crippen molar-refractivity contribution in [3.63, 3.8) is 0 Å². The van der Waals surface area contributed by atoms with E-state index in [9.17, 15) is 22.4 Å². The monoisotopic (exact) mass is 279 g/mol. The maximum atomic E-state index is 13.5. The largest absolute Gasteiger partial charge is 0.478 e. The van der Waals surface area contributed by atoms with Gasteiger partial charge in [-0.2, -0.15) is 0 Å². The first kappa shape index (κ1) is 15.0. The summed E-state index contributed by atoms with van der Waals surface area (Å²) >= 11 is 0. The van der Waals surface area contributed by atoms with E-state index in [4.69, 9.17) is 10.2 Å². The molecule has 0 atom stereocenters. The van der Waals surface area contributed by atoms with Gasteiger partial charge in [0.1, 0.15) is 5.69 Å². The van der Waals surface area contributed by atoms with Crippen molar-refractivity contribution in [2.24, 2.45) is 0 Å². The molecule has 0 radical (unpaired) electrons. The number of hydrogen-bond donors (Lipinski definition) is 3. The highest BCUT2D eigenvalue weighted by molar-refractivity contribution is 5.85. The number of aliphatic hydroxyl groups excluding tert-OH is 1. The van der Waals surface area contributed by atoms with Crippen molar-refractivity contribution in [1.82, 2.24) is 0 Å². The van der Waals surface area contributed by atoms with Crippen LogP contribution < -0.4 is 5.32 Å². The Hall–Kier alpha value is -2.09. The average molecular weight is 279 g/mol. The lowest BCUT2D eigenvalue weighted by molar-refractivity contribution is -0.131. The van der Waals surface area contributed by atoms with Crippen LogP contribution in [0.5, 0.6) is 0 Å². The van der Waals surface area contributed by atoms with Gasteiger partial charge < -0.3 is 15.5 Å². The van der Waals surface area contributed by atoms with Gasteiger partial charge in [-0.1, -0.05) is 0 Å². The van der Waals surface area contributed by atoms with Crippen LogP contribution >= 0.6 is 0 Å². The summed E-state index contributed by atoms with van der Waals surface area (Å²) in [5.41, 5.74) is -2.19. The second kappa shape index (κ2) is 6.19. The molecule has 0 unspecified atom stereocenters. The number of carboxylic acids is 1. The highest BCUT2D eigenvalue weighted by atomic mass is 19.2. The molecule has 19 heavy (non-hydrogen) atoms. The molecule has 0 amide bonds. The van der Waals surface area contributed by atoms with Crippen LogP contribution in [0.15, 0.2) is 6.08 Å². The van der Waals surface area contributed by atoms with Crippen LogP contribution in [-0.4, -0.2) is 29.3 Å². The van der Waals surface area contributed by atoms with E-state index in [1.54, 1.807) is 0 Å². The number of carbonyl (C=O) groups is 1. The SMILES string of the molecule is O=C(O)/C=C/c1c(F)c(F)c(NCCO)c(F)c1F.